The number of likely N-dealkylation sites (N-methyl/N-ethyl adjacent to an activating group) is 1. The Labute approximate surface area is 114 Å². The Morgan fingerprint density at radius 2 is 2.26 bits per heavy atom. The Kier molecular flexibility index (Phi) is 4.10. The van der Waals surface area contributed by atoms with Crippen LogP contribution in [0.3, 0.4) is 0 Å². The molecule has 0 radical (unpaired) electrons. The van der Waals surface area contributed by atoms with E-state index in [-0.39, 0.29) is 11.2 Å². The van der Waals surface area contributed by atoms with Gasteiger partial charge in [0.15, 0.2) is 0 Å². The van der Waals surface area contributed by atoms with E-state index in [1.807, 2.05) is 0 Å². The number of thioether (sulfide) groups is 1. The van der Waals surface area contributed by atoms with Gasteiger partial charge in [0, 0.05) is 16.2 Å². The number of nitrogens with one attached hydrogen (secondary N) is 1. The topological polar surface area (TPSA) is 55.1 Å². The van der Waals surface area contributed by atoms with E-state index in [9.17, 15) is 13.6 Å². The minimum absolute atomic E-state index is 0.0971. The molecule has 1 aliphatic carbocycles. The maximum Gasteiger partial charge on any atom is 0.237 e. The molecule has 1 aromatic carbocycles. The molecule has 3 N–H and O–H groups in total. The molecule has 0 bridgehead atoms. The van der Waals surface area contributed by atoms with Gasteiger partial charge in [-0.1, -0.05) is 0 Å². The van der Waals surface area contributed by atoms with Crippen LogP contribution in [0.4, 0.5) is 8.78 Å². The SMILES string of the molecule is CNC1(C(N)=O)CCC(Sc2ccc(F)cc2F)C1. The summed E-state index contributed by atoms with van der Waals surface area (Å²) in [5, 5.41) is 3.07. The highest BCUT2D eigenvalue weighted by Gasteiger charge is 2.43. The van der Waals surface area contributed by atoms with Crippen LogP contribution in [0.1, 0.15) is 19.3 Å². The van der Waals surface area contributed by atoms with Gasteiger partial charge in [0.05, 0.1) is 5.54 Å². The van der Waals surface area contributed by atoms with Gasteiger partial charge in [-0.15, -0.1) is 11.8 Å². The molecule has 3 nitrogen and oxygen atoms in total. The zero-order valence-corrected chi connectivity index (χ0v) is 11.4. The van der Waals surface area contributed by atoms with E-state index < -0.39 is 17.2 Å². The Hall–Kier alpha value is -1.14. The molecule has 1 fully saturated rings. The fourth-order valence-electron chi connectivity index (χ4n) is 2.43. The summed E-state index contributed by atoms with van der Waals surface area (Å²) < 4.78 is 26.4. The maximum absolute atomic E-state index is 13.6. The summed E-state index contributed by atoms with van der Waals surface area (Å²) in [5.74, 6) is -1.53. The van der Waals surface area contributed by atoms with Crippen molar-refractivity contribution in [1.29, 1.82) is 0 Å². The third kappa shape index (κ3) is 2.90. The van der Waals surface area contributed by atoms with E-state index in [1.54, 1.807) is 7.05 Å². The molecule has 0 spiro atoms. The maximum atomic E-state index is 13.6. The highest BCUT2D eigenvalue weighted by Crippen LogP contribution is 2.40. The van der Waals surface area contributed by atoms with Crippen LogP contribution in [0.2, 0.25) is 0 Å². The van der Waals surface area contributed by atoms with Crippen molar-refractivity contribution < 1.29 is 13.6 Å². The summed E-state index contributed by atoms with van der Waals surface area (Å²) in [6.45, 7) is 0. The second-order valence-electron chi connectivity index (χ2n) is 4.75. The van der Waals surface area contributed by atoms with Gasteiger partial charge in [-0.25, -0.2) is 8.78 Å². The van der Waals surface area contributed by atoms with Gasteiger partial charge < -0.3 is 11.1 Å². The first-order valence-corrected chi connectivity index (χ1v) is 6.95. The highest BCUT2D eigenvalue weighted by molar-refractivity contribution is 8.00. The average Bonchev–Trinajstić information content (AvgIpc) is 2.77. The summed E-state index contributed by atoms with van der Waals surface area (Å²) in [6.07, 6.45) is 1.96. The number of benzene rings is 1. The molecular formula is C13H16F2N2OS. The highest BCUT2D eigenvalue weighted by atomic mass is 32.2. The number of nitrogens with two attached hydrogens (primary N) is 1. The van der Waals surface area contributed by atoms with Gasteiger partial charge in [0.25, 0.3) is 0 Å². The molecule has 2 atom stereocenters. The normalized spacial score (nSPS) is 26.6. The van der Waals surface area contributed by atoms with Crippen molar-refractivity contribution in [1.82, 2.24) is 5.32 Å². The van der Waals surface area contributed by atoms with Crippen molar-refractivity contribution in [3.63, 3.8) is 0 Å². The molecule has 19 heavy (non-hydrogen) atoms. The lowest BCUT2D eigenvalue weighted by Gasteiger charge is -2.24. The van der Waals surface area contributed by atoms with E-state index in [4.69, 9.17) is 5.73 Å². The Morgan fingerprint density at radius 1 is 1.53 bits per heavy atom. The van der Waals surface area contributed by atoms with Gasteiger partial charge in [-0.05, 0) is 38.4 Å². The van der Waals surface area contributed by atoms with Gasteiger partial charge in [-0.2, -0.15) is 0 Å². The molecular weight excluding hydrogens is 270 g/mol. The first-order valence-electron chi connectivity index (χ1n) is 6.07. The molecule has 0 saturated heterocycles. The van der Waals surface area contributed by atoms with Crippen molar-refractivity contribution >= 4 is 17.7 Å². The zero-order valence-electron chi connectivity index (χ0n) is 10.6. The van der Waals surface area contributed by atoms with Crippen molar-refractivity contribution in [2.24, 2.45) is 5.73 Å². The minimum Gasteiger partial charge on any atom is -0.368 e. The molecule has 0 heterocycles. The first kappa shape index (κ1) is 14.3. The Balaban J connectivity index is 2.08. The summed E-state index contributed by atoms with van der Waals surface area (Å²) in [7, 11) is 1.70. The molecule has 2 unspecified atom stereocenters. The van der Waals surface area contributed by atoms with E-state index in [1.165, 1.54) is 23.9 Å². The largest absolute Gasteiger partial charge is 0.368 e. The third-order valence-electron chi connectivity index (χ3n) is 3.61. The standard InChI is InChI=1S/C13H16F2N2OS/c1-17-13(12(16)18)5-4-9(7-13)19-11-3-2-8(14)6-10(11)15/h2-3,6,9,17H,4-5,7H2,1H3,(H2,16,18). The van der Waals surface area contributed by atoms with E-state index in [0.29, 0.717) is 17.7 Å². The second-order valence-corrected chi connectivity index (χ2v) is 6.10. The molecule has 0 aliphatic heterocycles. The van der Waals surface area contributed by atoms with Crippen LogP contribution >= 0.6 is 11.8 Å². The van der Waals surface area contributed by atoms with Crippen molar-refractivity contribution in [3.8, 4) is 0 Å². The van der Waals surface area contributed by atoms with Crippen molar-refractivity contribution in [2.75, 3.05) is 7.05 Å². The fraction of sp³-hybridized carbons (Fsp3) is 0.462. The minimum atomic E-state index is -0.700. The predicted octanol–water partition coefficient (Wildman–Crippen LogP) is 2.05. The third-order valence-corrected chi connectivity index (χ3v) is 4.93. The van der Waals surface area contributed by atoms with Gasteiger partial charge in [-0.3, -0.25) is 4.79 Å². The predicted molar refractivity (Wildman–Crippen MR) is 70.8 cm³/mol. The summed E-state index contributed by atoms with van der Waals surface area (Å²) >= 11 is 1.33. The molecule has 1 amide bonds. The van der Waals surface area contributed by atoms with Crippen LogP contribution < -0.4 is 11.1 Å². The zero-order chi connectivity index (χ0) is 14.0. The monoisotopic (exact) mass is 286 g/mol. The lowest BCUT2D eigenvalue weighted by atomic mass is 9.97. The second kappa shape index (κ2) is 5.46. The number of carbonyl (C=O) groups is 1. The van der Waals surface area contributed by atoms with E-state index in [2.05, 4.69) is 5.32 Å². The van der Waals surface area contributed by atoms with Crippen molar-refractivity contribution in [2.45, 2.75) is 34.9 Å². The Bertz CT molecular complexity index is 498. The lowest BCUT2D eigenvalue weighted by molar-refractivity contribution is -0.124. The fourth-order valence-corrected chi connectivity index (χ4v) is 3.71. The van der Waals surface area contributed by atoms with Crippen LogP contribution in [0, 0.1) is 11.6 Å². The lowest BCUT2D eigenvalue weighted by Crippen LogP contribution is -2.52. The smallest absolute Gasteiger partial charge is 0.237 e. The number of amides is 1. The van der Waals surface area contributed by atoms with Crippen LogP contribution in [0.25, 0.3) is 0 Å². The molecule has 1 saturated carbocycles. The summed E-state index contributed by atoms with van der Waals surface area (Å²) in [4.78, 5) is 11.9. The van der Waals surface area contributed by atoms with Crippen LogP contribution in [0.5, 0.6) is 0 Å². The van der Waals surface area contributed by atoms with Crippen LogP contribution in [-0.4, -0.2) is 23.7 Å². The molecule has 104 valence electrons. The quantitative estimate of drug-likeness (QED) is 0.890. The van der Waals surface area contributed by atoms with Crippen LogP contribution in [-0.2, 0) is 4.79 Å². The van der Waals surface area contributed by atoms with Gasteiger partial charge in [0.1, 0.15) is 11.6 Å². The van der Waals surface area contributed by atoms with Crippen LogP contribution in [0.15, 0.2) is 23.1 Å². The first-order chi connectivity index (χ1) is 8.97. The average molecular weight is 286 g/mol. The number of carbonyl (C=O) groups excluding carboxylic acids is 1. The molecule has 6 heteroatoms. The number of hydrogen-bond donors (Lipinski definition) is 2. The molecule has 1 aliphatic rings. The molecule has 2 rings (SSSR count). The van der Waals surface area contributed by atoms with Gasteiger partial charge >= 0.3 is 0 Å². The number of rotatable bonds is 4. The summed E-state index contributed by atoms with van der Waals surface area (Å²) in [6, 6.07) is 3.54. The molecule has 0 aromatic heterocycles. The van der Waals surface area contributed by atoms with E-state index in [0.717, 1.165) is 12.5 Å². The number of halogens is 2. The van der Waals surface area contributed by atoms with Gasteiger partial charge in [0.2, 0.25) is 5.91 Å². The summed E-state index contributed by atoms with van der Waals surface area (Å²) in [5.41, 5.74) is 4.71. The number of hydrogen-bond acceptors (Lipinski definition) is 3. The Morgan fingerprint density at radius 3 is 2.79 bits per heavy atom. The number of primary amides is 1. The van der Waals surface area contributed by atoms with E-state index >= 15 is 0 Å². The molecule has 1 aromatic rings. The van der Waals surface area contributed by atoms with Crippen molar-refractivity contribution in [3.05, 3.63) is 29.8 Å².